The number of benzene rings is 1. The summed E-state index contributed by atoms with van der Waals surface area (Å²) in [5, 5.41) is 11.6. The monoisotopic (exact) mass is 235 g/mol. The van der Waals surface area contributed by atoms with Crippen LogP contribution in [0, 0.1) is 0 Å². The second-order valence-corrected chi connectivity index (χ2v) is 4.08. The Morgan fingerprint density at radius 1 is 1.24 bits per heavy atom. The lowest BCUT2D eigenvalue weighted by atomic mass is 10.0. The molecule has 2 atom stereocenters. The number of rotatable bonds is 5. The zero-order valence-corrected chi connectivity index (χ0v) is 10.0. The number of aliphatic hydroxyl groups excluding tert-OH is 1. The van der Waals surface area contributed by atoms with Gasteiger partial charge in [0.1, 0.15) is 6.10 Å². The smallest absolute Gasteiger partial charge is 0.248 e. The molecular formula is C13H17NO3. The van der Waals surface area contributed by atoms with Gasteiger partial charge in [-0.05, 0) is 13.8 Å². The van der Waals surface area contributed by atoms with Gasteiger partial charge in [0.05, 0.1) is 0 Å². The predicted octanol–water partition coefficient (Wildman–Crippen LogP) is 1.14. The van der Waals surface area contributed by atoms with Gasteiger partial charge in [-0.1, -0.05) is 30.3 Å². The minimum Gasteiger partial charge on any atom is -0.384 e. The molecule has 0 spiro atoms. The molecule has 2 unspecified atom stereocenters. The first kappa shape index (κ1) is 13.4. The number of hydrogen-bond donors (Lipinski definition) is 2. The van der Waals surface area contributed by atoms with Crippen LogP contribution in [0.4, 0.5) is 0 Å². The van der Waals surface area contributed by atoms with E-state index in [1.807, 2.05) is 6.07 Å². The molecule has 17 heavy (non-hydrogen) atoms. The summed E-state index contributed by atoms with van der Waals surface area (Å²) in [6.07, 6.45) is -0.827. The van der Waals surface area contributed by atoms with E-state index in [4.69, 9.17) is 5.11 Å². The average molecular weight is 235 g/mol. The second kappa shape index (κ2) is 6.15. The Labute approximate surface area is 101 Å². The van der Waals surface area contributed by atoms with Crippen LogP contribution in [0.25, 0.3) is 0 Å². The highest BCUT2D eigenvalue weighted by Crippen LogP contribution is 2.05. The molecule has 0 aromatic heterocycles. The third-order valence-electron chi connectivity index (χ3n) is 2.36. The van der Waals surface area contributed by atoms with Gasteiger partial charge in [-0.2, -0.15) is 0 Å². The Bertz CT molecular complexity index is 387. The molecule has 0 saturated heterocycles. The van der Waals surface area contributed by atoms with E-state index < -0.39 is 12.0 Å². The summed E-state index contributed by atoms with van der Waals surface area (Å²) < 4.78 is 0. The van der Waals surface area contributed by atoms with Crippen molar-refractivity contribution in [2.45, 2.75) is 32.4 Å². The maximum absolute atomic E-state index is 11.8. The van der Waals surface area contributed by atoms with Crippen molar-refractivity contribution in [2.24, 2.45) is 0 Å². The van der Waals surface area contributed by atoms with Crippen LogP contribution in [-0.2, 0) is 4.79 Å². The van der Waals surface area contributed by atoms with E-state index in [1.54, 1.807) is 31.2 Å². The van der Waals surface area contributed by atoms with Gasteiger partial charge in [0, 0.05) is 18.0 Å². The van der Waals surface area contributed by atoms with Crippen LogP contribution in [0.15, 0.2) is 30.3 Å². The fraction of sp³-hybridized carbons (Fsp3) is 0.385. The summed E-state index contributed by atoms with van der Waals surface area (Å²) in [6.45, 7) is 3.13. The molecule has 0 bridgehead atoms. The van der Waals surface area contributed by atoms with E-state index in [9.17, 15) is 9.59 Å². The highest BCUT2D eigenvalue weighted by Gasteiger charge is 2.15. The van der Waals surface area contributed by atoms with Crippen LogP contribution < -0.4 is 5.32 Å². The fourth-order valence-electron chi connectivity index (χ4n) is 1.43. The molecule has 0 heterocycles. The van der Waals surface area contributed by atoms with Gasteiger partial charge in [-0.3, -0.25) is 9.59 Å². The third kappa shape index (κ3) is 4.36. The summed E-state index contributed by atoms with van der Waals surface area (Å²) in [7, 11) is 0. The number of aliphatic hydroxyl groups is 1. The molecule has 1 rings (SSSR count). The Morgan fingerprint density at radius 2 is 1.82 bits per heavy atom. The maximum Gasteiger partial charge on any atom is 0.248 e. The van der Waals surface area contributed by atoms with Crippen molar-refractivity contribution in [1.29, 1.82) is 0 Å². The van der Waals surface area contributed by atoms with Gasteiger partial charge < -0.3 is 10.4 Å². The second-order valence-electron chi connectivity index (χ2n) is 4.08. The standard InChI is InChI=1S/C13H17NO3/c1-9(14-13(17)10(2)15)8-12(16)11-6-4-3-5-7-11/h3-7,9-10,15H,8H2,1-2H3,(H,14,17). The quantitative estimate of drug-likeness (QED) is 0.752. The molecule has 0 aliphatic rings. The van der Waals surface area contributed by atoms with Crippen molar-refractivity contribution >= 4 is 11.7 Å². The van der Waals surface area contributed by atoms with E-state index >= 15 is 0 Å². The molecule has 1 amide bonds. The first-order chi connectivity index (χ1) is 8.00. The molecule has 2 N–H and O–H groups in total. The first-order valence-corrected chi connectivity index (χ1v) is 5.57. The molecule has 1 aromatic carbocycles. The lowest BCUT2D eigenvalue weighted by Gasteiger charge is -2.14. The van der Waals surface area contributed by atoms with E-state index in [0.29, 0.717) is 5.56 Å². The molecule has 0 aliphatic carbocycles. The van der Waals surface area contributed by atoms with Crippen LogP contribution >= 0.6 is 0 Å². The van der Waals surface area contributed by atoms with Crippen molar-refractivity contribution < 1.29 is 14.7 Å². The van der Waals surface area contributed by atoms with Gasteiger partial charge in [0.25, 0.3) is 0 Å². The third-order valence-corrected chi connectivity index (χ3v) is 2.36. The number of amides is 1. The van der Waals surface area contributed by atoms with Crippen molar-refractivity contribution in [1.82, 2.24) is 5.32 Å². The molecule has 0 saturated carbocycles. The van der Waals surface area contributed by atoms with Crippen LogP contribution in [-0.4, -0.2) is 28.9 Å². The highest BCUT2D eigenvalue weighted by molar-refractivity contribution is 5.96. The summed E-state index contributed by atoms with van der Waals surface area (Å²) in [6, 6.07) is 8.63. The maximum atomic E-state index is 11.8. The normalized spacial score (nSPS) is 13.8. The van der Waals surface area contributed by atoms with Gasteiger partial charge in [0.2, 0.25) is 5.91 Å². The molecule has 92 valence electrons. The molecule has 4 nitrogen and oxygen atoms in total. The number of ketones is 1. The summed E-state index contributed by atoms with van der Waals surface area (Å²) in [5.74, 6) is -0.484. The Hall–Kier alpha value is -1.68. The van der Waals surface area contributed by atoms with Crippen LogP contribution in [0.2, 0.25) is 0 Å². The van der Waals surface area contributed by atoms with Crippen molar-refractivity contribution in [3.63, 3.8) is 0 Å². The van der Waals surface area contributed by atoms with Gasteiger partial charge in [-0.15, -0.1) is 0 Å². The highest BCUT2D eigenvalue weighted by atomic mass is 16.3. The summed E-state index contributed by atoms with van der Waals surface area (Å²) >= 11 is 0. The minimum atomic E-state index is -1.05. The van der Waals surface area contributed by atoms with E-state index in [0.717, 1.165) is 0 Å². The largest absolute Gasteiger partial charge is 0.384 e. The van der Waals surface area contributed by atoms with Crippen LogP contribution in [0.1, 0.15) is 30.6 Å². The SMILES string of the molecule is CC(CC(=O)c1ccccc1)NC(=O)C(C)O. The van der Waals surface area contributed by atoms with Crippen LogP contribution in [0.5, 0.6) is 0 Å². The Balaban J connectivity index is 2.50. The van der Waals surface area contributed by atoms with Crippen molar-refractivity contribution in [3.8, 4) is 0 Å². The lowest BCUT2D eigenvalue weighted by Crippen LogP contribution is -2.39. The van der Waals surface area contributed by atoms with Gasteiger partial charge in [0.15, 0.2) is 5.78 Å². The fourth-order valence-corrected chi connectivity index (χ4v) is 1.43. The molecule has 0 radical (unpaired) electrons. The zero-order valence-electron chi connectivity index (χ0n) is 10.0. The van der Waals surface area contributed by atoms with Crippen LogP contribution in [0.3, 0.4) is 0 Å². The number of carbonyl (C=O) groups excluding carboxylic acids is 2. The Kier molecular flexibility index (Phi) is 4.84. The lowest BCUT2D eigenvalue weighted by molar-refractivity contribution is -0.129. The number of Topliss-reactive ketones (excluding diaryl/α,β-unsaturated/α-hetero) is 1. The van der Waals surface area contributed by atoms with E-state index in [-0.39, 0.29) is 18.2 Å². The first-order valence-electron chi connectivity index (χ1n) is 5.57. The van der Waals surface area contributed by atoms with Gasteiger partial charge >= 0.3 is 0 Å². The molecule has 0 fully saturated rings. The number of nitrogens with one attached hydrogen (secondary N) is 1. The molecule has 1 aromatic rings. The predicted molar refractivity (Wildman–Crippen MR) is 64.7 cm³/mol. The van der Waals surface area contributed by atoms with Crippen molar-refractivity contribution in [3.05, 3.63) is 35.9 Å². The average Bonchev–Trinajstić information content (AvgIpc) is 2.29. The molecular weight excluding hydrogens is 218 g/mol. The van der Waals surface area contributed by atoms with Gasteiger partial charge in [-0.25, -0.2) is 0 Å². The summed E-state index contributed by atoms with van der Waals surface area (Å²) in [4.78, 5) is 23.0. The molecule has 0 aliphatic heterocycles. The number of carbonyl (C=O) groups is 2. The topological polar surface area (TPSA) is 66.4 Å². The summed E-state index contributed by atoms with van der Waals surface area (Å²) in [5.41, 5.74) is 0.630. The molecule has 4 heteroatoms. The number of hydrogen-bond acceptors (Lipinski definition) is 3. The zero-order chi connectivity index (χ0) is 12.8. The van der Waals surface area contributed by atoms with E-state index in [1.165, 1.54) is 6.92 Å². The van der Waals surface area contributed by atoms with Crippen molar-refractivity contribution in [2.75, 3.05) is 0 Å². The minimum absolute atomic E-state index is 0.0241. The van der Waals surface area contributed by atoms with E-state index in [2.05, 4.69) is 5.32 Å². The Morgan fingerprint density at radius 3 is 2.35 bits per heavy atom.